The minimum Gasteiger partial charge on any atom is -0.456 e. The van der Waals surface area contributed by atoms with Gasteiger partial charge in [-0.3, -0.25) is 0 Å². The van der Waals surface area contributed by atoms with Gasteiger partial charge in [0.1, 0.15) is 12.4 Å². The molecule has 0 saturated heterocycles. The molecule has 3 rings (SSSR count). The number of nitrogens with zero attached hydrogens (tertiary/aromatic N) is 2. The van der Waals surface area contributed by atoms with Crippen molar-refractivity contribution in [1.29, 1.82) is 0 Å². The van der Waals surface area contributed by atoms with Gasteiger partial charge in [0.25, 0.3) is 0 Å². The lowest BCUT2D eigenvalue weighted by Gasteiger charge is -2.13. The first-order valence-corrected chi connectivity index (χ1v) is 6.31. The van der Waals surface area contributed by atoms with Crippen molar-refractivity contribution >= 4 is 5.97 Å². The van der Waals surface area contributed by atoms with Gasteiger partial charge in [-0.25, -0.2) is 9.78 Å². The fourth-order valence-electron chi connectivity index (χ4n) is 2.08. The molecule has 98 valence electrons. The average Bonchev–Trinajstić information content (AvgIpc) is 2.90. The fourth-order valence-corrected chi connectivity index (χ4v) is 2.08. The Kier molecular flexibility index (Phi) is 3.29. The molecule has 2 heterocycles. The predicted molar refractivity (Wildman–Crippen MR) is 69.5 cm³/mol. The molecule has 19 heavy (non-hydrogen) atoms. The summed E-state index contributed by atoms with van der Waals surface area (Å²) in [6.45, 7) is 2.72. The smallest absolute Gasteiger partial charge is 0.358 e. The standard InChI is InChI=1S/C14H15N3O2/c18-14(19-10-11-4-2-1-3-5-11)12-9-17-7-6-15-8-13(17)16-12/h1-5,9,15H,6-8,10H2. The van der Waals surface area contributed by atoms with E-state index in [1.165, 1.54) is 0 Å². The molecule has 5 heteroatoms. The van der Waals surface area contributed by atoms with Gasteiger partial charge in [0.2, 0.25) is 0 Å². The number of ether oxygens (including phenoxy) is 1. The number of rotatable bonds is 3. The SMILES string of the molecule is O=C(OCc1ccccc1)c1cn2c(n1)CNCC2. The first kappa shape index (κ1) is 11.9. The lowest BCUT2D eigenvalue weighted by molar-refractivity contribution is 0.0466. The van der Waals surface area contributed by atoms with Crippen LogP contribution in [0.2, 0.25) is 0 Å². The van der Waals surface area contributed by atoms with E-state index in [-0.39, 0.29) is 12.6 Å². The summed E-state index contributed by atoms with van der Waals surface area (Å²) in [6.07, 6.45) is 1.77. The van der Waals surface area contributed by atoms with Crippen molar-refractivity contribution in [2.24, 2.45) is 0 Å². The van der Waals surface area contributed by atoms with E-state index >= 15 is 0 Å². The van der Waals surface area contributed by atoms with Crippen molar-refractivity contribution in [2.75, 3.05) is 6.54 Å². The van der Waals surface area contributed by atoms with Gasteiger partial charge >= 0.3 is 5.97 Å². The Balaban J connectivity index is 1.65. The topological polar surface area (TPSA) is 56.2 Å². The van der Waals surface area contributed by atoms with Crippen LogP contribution in [0, 0.1) is 0 Å². The highest BCUT2D eigenvalue weighted by Crippen LogP contribution is 2.09. The minimum atomic E-state index is -0.370. The predicted octanol–water partition coefficient (Wildman–Crippen LogP) is 1.34. The normalized spacial score (nSPS) is 13.9. The molecule has 1 N–H and O–H groups in total. The first-order valence-electron chi connectivity index (χ1n) is 6.31. The van der Waals surface area contributed by atoms with E-state index < -0.39 is 0 Å². The molecule has 0 bridgehead atoms. The number of nitrogens with one attached hydrogen (secondary N) is 1. The van der Waals surface area contributed by atoms with Gasteiger partial charge in [-0.2, -0.15) is 0 Å². The van der Waals surface area contributed by atoms with Gasteiger partial charge in [0.15, 0.2) is 5.69 Å². The van der Waals surface area contributed by atoms with E-state index in [9.17, 15) is 4.79 Å². The first-order chi connectivity index (χ1) is 9.33. The molecule has 2 aromatic rings. The molecule has 0 atom stereocenters. The molecule has 0 amide bonds. The lowest BCUT2D eigenvalue weighted by Crippen LogP contribution is -2.27. The highest BCUT2D eigenvalue weighted by atomic mass is 16.5. The maximum Gasteiger partial charge on any atom is 0.358 e. The van der Waals surface area contributed by atoms with Crippen LogP contribution in [0.3, 0.4) is 0 Å². The van der Waals surface area contributed by atoms with E-state index in [2.05, 4.69) is 10.3 Å². The van der Waals surface area contributed by atoms with Gasteiger partial charge in [0, 0.05) is 19.3 Å². The Morgan fingerprint density at radius 2 is 2.21 bits per heavy atom. The number of benzene rings is 1. The molecule has 0 aliphatic carbocycles. The van der Waals surface area contributed by atoms with Crippen molar-refractivity contribution in [3.63, 3.8) is 0 Å². The third-order valence-electron chi connectivity index (χ3n) is 3.09. The van der Waals surface area contributed by atoms with Crippen LogP contribution in [0.4, 0.5) is 0 Å². The number of fused-ring (bicyclic) bond motifs is 1. The summed E-state index contributed by atoms with van der Waals surface area (Å²) in [4.78, 5) is 16.2. The van der Waals surface area contributed by atoms with Gasteiger partial charge in [-0.15, -0.1) is 0 Å². The molecular formula is C14H15N3O2. The summed E-state index contributed by atoms with van der Waals surface area (Å²) < 4.78 is 7.25. The Labute approximate surface area is 111 Å². The molecule has 0 spiro atoms. The van der Waals surface area contributed by atoms with Crippen LogP contribution >= 0.6 is 0 Å². The summed E-state index contributed by atoms with van der Waals surface area (Å²) in [5.74, 6) is 0.517. The van der Waals surface area contributed by atoms with Gasteiger partial charge in [-0.05, 0) is 5.56 Å². The Morgan fingerprint density at radius 1 is 1.37 bits per heavy atom. The third-order valence-corrected chi connectivity index (χ3v) is 3.09. The van der Waals surface area contributed by atoms with Crippen molar-refractivity contribution in [2.45, 2.75) is 19.7 Å². The van der Waals surface area contributed by atoms with Crippen molar-refractivity contribution in [1.82, 2.24) is 14.9 Å². The summed E-state index contributed by atoms with van der Waals surface area (Å²) in [5.41, 5.74) is 1.36. The monoisotopic (exact) mass is 257 g/mol. The quantitative estimate of drug-likeness (QED) is 0.843. The second-order valence-corrected chi connectivity index (χ2v) is 4.47. The number of aromatic nitrogens is 2. The number of carbonyl (C=O) groups excluding carboxylic acids is 1. The van der Waals surface area contributed by atoms with Crippen molar-refractivity contribution in [3.05, 3.63) is 53.6 Å². The highest BCUT2D eigenvalue weighted by Gasteiger charge is 2.17. The largest absolute Gasteiger partial charge is 0.456 e. The third kappa shape index (κ3) is 2.66. The lowest BCUT2D eigenvalue weighted by atomic mass is 10.2. The highest BCUT2D eigenvalue weighted by molar-refractivity contribution is 5.87. The number of imidazole rings is 1. The van der Waals surface area contributed by atoms with Crippen LogP contribution in [-0.4, -0.2) is 22.1 Å². The molecule has 1 aromatic carbocycles. The molecule has 0 fully saturated rings. The molecule has 0 radical (unpaired) electrons. The molecule has 1 aliphatic rings. The molecule has 1 aromatic heterocycles. The van der Waals surface area contributed by atoms with Crippen molar-refractivity contribution < 1.29 is 9.53 Å². The second-order valence-electron chi connectivity index (χ2n) is 4.47. The average molecular weight is 257 g/mol. The Bertz CT molecular complexity index is 554. The summed E-state index contributed by atoms with van der Waals surface area (Å²) in [7, 11) is 0. The van der Waals surface area contributed by atoms with Crippen LogP contribution in [0.5, 0.6) is 0 Å². The number of hydrogen-bond acceptors (Lipinski definition) is 4. The zero-order valence-corrected chi connectivity index (χ0v) is 10.5. The number of esters is 1. The zero-order chi connectivity index (χ0) is 13.1. The number of carbonyl (C=O) groups is 1. The van der Waals surface area contributed by atoms with Gasteiger partial charge in [-0.1, -0.05) is 30.3 Å². The summed E-state index contributed by atoms with van der Waals surface area (Å²) >= 11 is 0. The number of hydrogen-bond donors (Lipinski definition) is 1. The summed E-state index contributed by atoms with van der Waals surface area (Å²) in [6, 6.07) is 9.63. The van der Waals surface area contributed by atoms with Crippen LogP contribution in [-0.2, 0) is 24.4 Å². The zero-order valence-electron chi connectivity index (χ0n) is 10.5. The molecule has 0 unspecified atom stereocenters. The maximum atomic E-state index is 11.9. The maximum absolute atomic E-state index is 11.9. The van der Waals surface area contributed by atoms with E-state index in [0.29, 0.717) is 12.2 Å². The van der Waals surface area contributed by atoms with Crippen LogP contribution in [0.25, 0.3) is 0 Å². The molecule has 5 nitrogen and oxygen atoms in total. The van der Waals surface area contributed by atoms with E-state index in [1.807, 2.05) is 34.9 Å². The summed E-state index contributed by atoms with van der Waals surface area (Å²) in [5, 5.41) is 3.22. The Hall–Kier alpha value is -2.14. The van der Waals surface area contributed by atoms with Crippen LogP contribution in [0.15, 0.2) is 36.5 Å². The van der Waals surface area contributed by atoms with Crippen LogP contribution < -0.4 is 5.32 Å². The minimum absolute atomic E-state index is 0.278. The Morgan fingerprint density at radius 3 is 3.00 bits per heavy atom. The second kappa shape index (κ2) is 5.24. The van der Waals surface area contributed by atoms with E-state index in [1.54, 1.807) is 6.20 Å². The fraction of sp³-hybridized carbons (Fsp3) is 0.286. The molecule has 0 saturated carbocycles. The van der Waals surface area contributed by atoms with E-state index in [4.69, 9.17) is 4.74 Å². The van der Waals surface area contributed by atoms with Crippen molar-refractivity contribution in [3.8, 4) is 0 Å². The van der Waals surface area contributed by atoms with Crippen LogP contribution in [0.1, 0.15) is 21.9 Å². The molecule has 1 aliphatic heterocycles. The van der Waals surface area contributed by atoms with E-state index in [0.717, 1.165) is 24.5 Å². The van der Waals surface area contributed by atoms with Gasteiger partial charge in [0.05, 0.1) is 6.54 Å². The van der Waals surface area contributed by atoms with Gasteiger partial charge < -0.3 is 14.6 Å². The molecular weight excluding hydrogens is 242 g/mol.